The Morgan fingerprint density at radius 3 is 2.17 bits per heavy atom. The van der Waals surface area contributed by atoms with Crippen LogP contribution in [0.5, 0.6) is 0 Å². The van der Waals surface area contributed by atoms with Crippen LogP contribution in [0.4, 0.5) is 10.2 Å². The normalized spacial score (nSPS) is 24.2. The van der Waals surface area contributed by atoms with Gasteiger partial charge in [0.25, 0.3) is 11.0 Å². The number of alkyl halides is 2. The third kappa shape index (κ3) is 6.93. The first-order chi connectivity index (χ1) is 18.2. The third-order valence-corrected chi connectivity index (χ3v) is 17.7. The largest absolute Gasteiger partial charge is 0.414 e. The molecule has 4 atom stereocenters. The SMILES string of the molecule is CC(C)(C)[Si](C)(C)OC[C@H]1O[C@@H](n2ccc(NC(=O)c3ccccc3)nc2=O)[C@@](F)(Cl)[C@@H]1O[Si](C)(C)C(C)(C)C. The first-order valence-corrected chi connectivity index (χ1v) is 19.7. The lowest BCUT2D eigenvalue weighted by molar-refractivity contribution is -0.0488. The summed E-state index contributed by atoms with van der Waals surface area (Å²) in [4.78, 5) is 29.5. The van der Waals surface area contributed by atoms with Crippen LogP contribution < -0.4 is 11.0 Å². The van der Waals surface area contributed by atoms with Crippen LogP contribution in [0, 0.1) is 0 Å². The average molecular weight is 612 g/mol. The number of ether oxygens (including phenoxy) is 1. The molecule has 2 aromatic rings. The van der Waals surface area contributed by atoms with Crippen LogP contribution in [0.2, 0.25) is 36.3 Å². The van der Waals surface area contributed by atoms with Crippen molar-refractivity contribution < 1.29 is 22.8 Å². The molecular weight excluding hydrogens is 569 g/mol. The van der Waals surface area contributed by atoms with Crippen molar-refractivity contribution in [3.05, 3.63) is 58.6 Å². The van der Waals surface area contributed by atoms with Crippen LogP contribution in [0.1, 0.15) is 58.1 Å². The molecule has 3 rings (SSSR count). The molecule has 0 spiro atoms. The van der Waals surface area contributed by atoms with Crippen LogP contribution in [0.3, 0.4) is 0 Å². The van der Waals surface area contributed by atoms with Crippen molar-refractivity contribution in [1.29, 1.82) is 0 Å². The summed E-state index contributed by atoms with van der Waals surface area (Å²) in [6.45, 7) is 20.8. The molecule has 40 heavy (non-hydrogen) atoms. The number of nitrogens with one attached hydrogen (secondary N) is 1. The summed E-state index contributed by atoms with van der Waals surface area (Å²) in [5.74, 6) is -0.399. The molecule has 0 unspecified atom stereocenters. The van der Waals surface area contributed by atoms with Gasteiger partial charge >= 0.3 is 5.69 Å². The zero-order valence-electron chi connectivity index (χ0n) is 25.2. The quantitative estimate of drug-likeness (QED) is 0.263. The summed E-state index contributed by atoms with van der Waals surface area (Å²) in [5, 5.41) is -0.294. The highest BCUT2D eigenvalue weighted by atomic mass is 35.5. The topological polar surface area (TPSA) is 91.7 Å². The molecule has 1 fully saturated rings. The third-order valence-electron chi connectivity index (χ3n) is 8.35. The fourth-order valence-corrected chi connectivity index (χ4v) is 6.43. The van der Waals surface area contributed by atoms with Crippen molar-refractivity contribution in [3.8, 4) is 0 Å². The zero-order valence-corrected chi connectivity index (χ0v) is 27.9. The van der Waals surface area contributed by atoms with E-state index in [2.05, 4.69) is 64.9 Å². The highest BCUT2D eigenvalue weighted by Gasteiger charge is 2.61. The summed E-state index contributed by atoms with van der Waals surface area (Å²) in [6, 6.07) is 9.94. The molecule has 1 aromatic carbocycles. The second-order valence-electron chi connectivity index (χ2n) is 13.4. The summed E-state index contributed by atoms with van der Waals surface area (Å²) in [6.07, 6.45) is -2.25. The minimum absolute atomic E-state index is 0.0269. The molecule has 0 bridgehead atoms. The van der Waals surface area contributed by atoms with Crippen molar-refractivity contribution in [2.24, 2.45) is 0 Å². The Bertz CT molecular complexity index is 1260. The first-order valence-electron chi connectivity index (χ1n) is 13.5. The monoisotopic (exact) mass is 611 g/mol. The molecular formula is C28H43ClFN3O5Si2. The van der Waals surface area contributed by atoms with Crippen LogP contribution in [0.15, 0.2) is 47.4 Å². The molecule has 0 radical (unpaired) electrons. The Kier molecular flexibility index (Phi) is 9.30. The van der Waals surface area contributed by atoms with E-state index in [-0.39, 0.29) is 22.5 Å². The van der Waals surface area contributed by atoms with Crippen LogP contribution >= 0.6 is 11.6 Å². The fourth-order valence-electron chi connectivity index (χ4n) is 3.69. The van der Waals surface area contributed by atoms with Gasteiger partial charge in [0.05, 0.1) is 6.61 Å². The van der Waals surface area contributed by atoms with Crippen molar-refractivity contribution >= 4 is 40.0 Å². The Morgan fingerprint density at radius 1 is 1.07 bits per heavy atom. The first kappa shape index (κ1) is 32.6. The van der Waals surface area contributed by atoms with E-state index < -0.39 is 51.8 Å². The van der Waals surface area contributed by atoms with Gasteiger partial charge in [0.2, 0.25) is 0 Å². The fraction of sp³-hybridized carbons (Fsp3) is 0.607. The lowest BCUT2D eigenvalue weighted by Crippen LogP contribution is -2.53. The smallest absolute Gasteiger partial charge is 0.351 e. The second-order valence-corrected chi connectivity index (χ2v) is 23.5. The Hall–Kier alpha value is -1.90. The van der Waals surface area contributed by atoms with E-state index in [1.807, 2.05) is 13.1 Å². The molecule has 8 nitrogen and oxygen atoms in total. The van der Waals surface area contributed by atoms with Gasteiger partial charge in [-0.15, -0.1) is 0 Å². The van der Waals surface area contributed by atoms with E-state index in [0.717, 1.165) is 4.57 Å². The number of anilines is 1. The number of amides is 1. The minimum atomic E-state index is -2.59. The van der Waals surface area contributed by atoms with Crippen molar-refractivity contribution in [1.82, 2.24) is 9.55 Å². The number of aromatic nitrogens is 2. The number of benzene rings is 1. The lowest BCUT2D eigenvalue weighted by atomic mass is 10.1. The number of rotatable bonds is 8. The minimum Gasteiger partial charge on any atom is -0.414 e. The van der Waals surface area contributed by atoms with Gasteiger partial charge in [0.1, 0.15) is 18.0 Å². The summed E-state index contributed by atoms with van der Waals surface area (Å²) >= 11 is 6.61. The van der Waals surface area contributed by atoms with Crippen molar-refractivity contribution in [2.75, 3.05) is 11.9 Å². The standard InChI is InChI=1S/C28H43ClFN3O5Si2/c1-26(2,3)39(7,8)36-18-20-22(38-40(9,10)27(4,5)6)28(29,30)24(37-20)33-17-16-21(32-25(33)35)31-23(34)19-14-12-11-13-15-19/h11-17,20,22,24H,18H2,1-10H3,(H,31,32,34,35)/t20-,22-,24-,28-/m1/s1. The van der Waals surface area contributed by atoms with Crippen LogP contribution in [-0.2, 0) is 13.6 Å². The Balaban J connectivity index is 1.92. The van der Waals surface area contributed by atoms with Crippen molar-refractivity contribution in [2.45, 2.75) is 101 Å². The van der Waals surface area contributed by atoms with E-state index in [0.29, 0.717) is 5.56 Å². The maximum atomic E-state index is 16.6. The van der Waals surface area contributed by atoms with Gasteiger partial charge in [-0.2, -0.15) is 4.98 Å². The highest BCUT2D eigenvalue weighted by molar-refractivity contribution is 6.74. The maximum absolute atomic E-state index is 16.6. The Morgan fingerprint density at radius 2 is 1.65 bits per heavy atom. The van der Waals surface area contributed by atoms with E-state index in [1.54, 1.807) is 30.3 Å². The molecule has 1 N–H and O–H groups in total. The van der Waals surface area contributed by atoms with Gasteiger partial charge < -0.3 is 18.9 Å². The highest BCUT2D eigenvalue weighted by Crippen LogP contribution is 2.49. The van der Waals surface area contributed by atoms with Gasteiger partial charge in [-0.1, -0.05) is 71.3 Å². The Labute approximate surface area is 243 Å². The molecule has 1 saturated heterocycles. The number of carbonyl (C=O) groups excluding carboxylic acids is 1. The predicted molar refractivity (Wildman–Crippen MR) is 162 cm³/mol. The van der Waals surface area contributed by atoms with Crippen molar-refractivity contribution in [3.63, 3.8) is 0 Å². The number of hydrogen-bond acceptors (Lipinski definition) is 6. The molecule has 12 heteroatoms. The van der Waals surface area contributed by atoms with Gasteiger partial charge in [0, 0.05) is 11.8 Å². The number of halogens is 2. The molecule has 1 amide bonds. The second kappa shape index (κ2) is 11.4. The average Bonchev–Trinajstić information content (AvgIpc) is 3.06. The van der Waals surface area contributed by atoms with E-state index in [1.165, 1.54) is 12.3 Å². The van der Waals surface area contributed by atoms with E-state index in [9.17, 15) is 9.59 Å². The molecule has 0 saturated carbocycles. The molecule has 1 aliphatic rings. The van der Waals surface area contributed by atoms with Crippen LogP contribution in [-0.4, -0.2) is 56.0 Å². The predicted octanol–water partition coefficient (Wildman–Crippen LogP) is 6.71. The number of hydrogen-bond donors (Lipinski definition) is 1. The molecule has 2 heterocycles. The summed E-state index contributed by atoms with van der Waals surface area (Å²) in [7, 11) is -4.73. The van der Waals surface area contributed by atoms with Gasteiger partial charge in [-0.05, 0) is 54.5 Å². The number of carbonyl (C=O) groups is 1. The van der Waals surface area contributed by atoms with Gasteiger partial charge in [-0.3, -0.25) is 9.36 Å². The molecule has 0 aliphatic carbocycles. The maximum Gasteiger partial charge on any atom is 0.351 e. The molecule has 1 aromatic heterocycles. The zero-order chi connectivity index (χ0) is 30.3. The summed E-state index contributed by atoms with van der Waals surface area (Å²) < 4.78 is 36.6. The molecule has 1 aliphatic heterocycles. The lowest BCUT2D eigenvalue weighted by Gasteiger charge is -2.41. The van der Waals surface area contributed by atoms with E-state index >= 15 is 4.39 Å². The van der Waals surface area contributed by atoms with Gasteiger partial charge in [0.15, 0.2) is 22.9 Å². The van der Waals surface area contributed by atoms with E-state index in [4.69, 9.17) is 25.2 Å². The number of nitrogens with zero attached hydrogens (tertiary/aromatic N) is 2. The molecule has 222 valence electrons. The summed E-state index contributed by atoms with van der Waals surface area (Å²) in [5.41, 5.74) is -0.415. The van der Waals surface area contributed by atoms with Gasteiger partial charge in [-0.25, -0.2) is 9.18 Å². The van der Waals surface area contributed by atoms with Crippen LogP contribution in [0.25, 0.3) is 0 Å².